The minimum absolute atomic E-state index is 0.295. The van der Waals surface area contributed by atoms with Gasteiger partial charge >= 0.3 is 0 Å². The van der Waals surface area contributed by atoms with Gasteiger partial charge in [-0.25, -0.2) is 17.9 Å². The number of pyridine rings is 1. The molecule has 4 rings (SSSR count). The first kappa shape index (κ1) is 18.2. The molecule has 0 saturated carbocycles. The van der Waals surface area contributed by atoms with Gasteiger partial charge < -0.3 is 4.74 Å². The average Bonchev–Trinajstić information content (AvgIpc) is 3.10. The fourth-order valence-electron chi connectivity index (χ4n) is 3.10. The van der Waals surface area contributed by atoms with E-state index in [2.05, 4.69) is 5.10 Å². The number of rotatable bonds is 5. The fraction of sp³-hybridized carbons (Fsp3) is 0.143. The summed E-state index contributed by atoms with van der Waals surface area (Å²) < 4.78 is 30.4. The molecule has 142 valence electrons. The molecule has 0 spiro atoms. The van der Waals surface area contributed by atoms with Gasteiger partial charge in [0.15, 0.2) is 21.3 Å². The number of hydrogen-bond donors (Lipinski definition) is 0. The average molecular weight is 393 g/mol. The Balaban J connectivity index is 1.71. The molecule has 2 heterocycles. The highest BCUT2D eigenvalue weighted by molar-refractivity contribution is 7.90. The lowest BCUT2D eigenvalue weighted by Crippen LogP contribution is -1.96. The first-order valence-corrected chi connectivity index (χ1v) is 10.6. The van der Waals surface area contributed by atoms with E-state index in [4.69, 9.17) is 9.72 Å². The van der Waals surface area contributed by atoms with Crippen LogP contribution in [-0.4, -0.2) is 36.4 Å². The van der Waals surface area contributed by atoms with Crippen molar-refractivity contribution in [2.24, 2.45) is 0 Å². The van der Waals surface area contributed by atoms with Crippen LogP contribution in [0.1, 0.15) is 11.4 Å². The molecule has 0 fully saturated rings. The molecule has 2 aromatic carbocycles. The zero-order valence-corrected chi connectivity index (χ0v) is 16.3. The maximum atomic E-state index is 11.7. The largest absolute Gasteiger partial charge is 0.497 e. The van der Waals surface area contributed by atoms with Crippen LogP contribution >= 0.6 is 0 Å². The third-order valence-corrected chi connectivity index (χ3v) is 5.62. The van der Waals surface area contributed by atoms with Gasteiger partial charge in [-0.15, -0.1) is 0 Å². The lowest BCUT2D eigenvalue weighted by atomic mass is 10.1. The van der Waals surface area contributed by atoms with E-state index in [1.54, 1.807) is 35.9 Å². The Morgan fingerprint density at radius 3 is 2.54 bits per heavy atom. The molecular weight excluding hydrogens is 374 g/mol. The van der Waals surface area contributed by atoms with Crippen LogP contribution in [0.15, 0.2) is 71.8 Å². The Morgan fingerprint density at radius 2 is 1.82 bits per heavy atom. The number of ether oxygens (including phenoxy) is 1. The van der Waals surface area contributed by atoms with Gasteiger partial charge in [0.05, 0.1) is 12.0 Å². The van der Waals surface area contributed by atoms with E-state index in [9.17, 15) is 8.42 Å². The zero-order chi connectivity index (χ0) is 19.7. The number of nitrogens with zero attached hydrogens (tertiary/aromatic N) is 3. The van der Waals surface area contributed by atoms with Gasteiger partial charge in [0, 0.05) is 24.4 Å². The summed E-state index contributed by atoms with van der Waals surface area (Å²) in [7, 11) is -1.58. The molecule has 0 aliphatic carbocycles. The predicted octanol–water partition coefficient (Wildman–Crippen LogP) is 3.40. The number of sulfone groups is 1. The summed E-state index contributed by atoms with van der Waals surface area (Å²) in [6.45, 7) is 0. The van der Waals surface area contributed by atoms with Crippen LogP contribution in [0.25, 0.3) is 16.8 Å². The SMILES string of the molecule is COc1cccc(Cc2nc3c(-c4ccc(S(C)(=O)=O)cc4)cccn3n2)c1. The smallest absolute Gasteiger partial charge is 0.175 e. The molecule has 6 nitrogen and oxygen atoms in total. The van der Waals surface area contributed by atoms with Crippen LogP contribution in [0.3, 0.4) is 0 Å². The summed E-state index contributed by atoms with van der Waals surface area (Å²) in [6, 6.07) is 18.5. The van der Waals surface area contributed by atoms with Crippen molar-refractivity contribution in [1.82, 2.24) is 14.6 Å². The van der Waals surface area contributed by atoms with Crippen molar-refractivity contribution < 1.29 is 13.2 Å². The summed E-state index contributed by atoms with van der Waals surface area (Å²) in [5.41, 5.74) is 3.58. The Morgan fingerprint density at radius 1 is 1.04 bits per heavy atom. The molecule has 0 aliphatic heterocycles. The van der Waals surface area contributed by atoms with Crippen molar-refractivity contribution in [3.8, 4) is 16.9 Å². The molecule has 7 heteroatoms. The first-order valence-electron chi connectivity index (χ1n) is 8.72. The number of aromatic nitrogens is 3. The van der Waals surface area contributed by atoms with Crippen molar-refractivity contribution in [1.29, 1.82) is 0 Å². The van der Waals surface area contributed by atoms with Crippen LogP contribution in [0, 0.1) is 0 Å². The van der Waals surface area contributed by atoms with E-state index in [1.165, 1.54) is 6.26 Å². The summed E-state index contributed by atoms with van der Waals surface area (Å²) >= 11 is 0. The third-order valence-electron chi connectivity index (χ3n) is 4.50. The van der Waals surface area contributed by atoms with Crippen molar-refractivity contribution in [3.63, 3.8) is 0 Å². The van der Waals surface area contributed by atoms with Gasteiger partial charge in [-0.2, -0.15) is 5.10 Å². The fourth-order valence-corrected chi connectivity index (χ4v) is 3.73. The Labute approximate surface area is 163 Å². The Hall–Kier alpha value is -3.19. The maximum Gasteiger partial charge on any atom is 0.175 e. The van der Waals surface area contributed by atoms with E-state index in [0.717, 1.165) is 28.1 Å². The van der Waals surface area contributed by atoms with Crippen LogP contribution < -0.4 is 4.74 Å². The van der Waals surface area contributed by atoms with E-state index in [0.29, 0.717) is 17.1 Å². The molecule has 2 aromatic heterocycles. The standard InChI is InChI=1S/C21H19N3O3S/c1-27-17-6-3-5-15(13-17)14-20-22-21-19(7-4-12-24(21)23-20)16-8-10-18(11-9-16)28(2,25)26/h3-13H,14H2,1-2H3. The number of hydrogen-bond acceptors (Lipinski definition) is 5. The second kappa shape index (κ2) is 7.09. The highest BCUT2D eigenvalue weighted by atomic mass is 32.2. The molecular formula is C21H19N3O3S. The van der Waals surface area contributed by atoms with Crippen LogP contribution in [0.5, 0.6) is 5.75 Å². The lowest BCUT2D eigenvalue weighted by Gasteiger charge is -2.04. The first-order chi connectivity index (χ1) is 13.4. The van der Waals surface area contributed by atoms with Crippen molar-refractivity contribution in [2.75, 3.05) is 13.4 Å². The molecule has 0 N–H and O–H groups in total. The normalized spacial score (nSPS) is 11.6. The van der Waals surface area contributed by atoms with Gasteiger partial charge in [0.25, 0.3) is 0 Å². The van der Waals surface area contributed by atoms with Crippen LogP contribution in [-0.2, 0) is 16.3 Å². The van der Waals surface area contributed by atoms with Gasteiger partial charge in [-0.05, 0) is 47.5 Å². The molecule has 0 saturated heterocycles. The molecule has 0 unspecified atom stereocenters. The summed E-state index contributed by atoms with van der Waals surface area (Å²) in [4.78, 5) is 5.00. The van der Waals surface area contributed by atoms with E-state index < -0.39 is 9.84 Å². The maximum absolute atomic E-state index is 11.7. The minimum atomic E-state index is -3.22. The second-order valence-electron chi connectivity index (χ2n) is 6.54. The number of benzene rings is 2. The molecule has 4 aromatic rings. The summed E-state index contributed by atoms with van der Waals surface area (Å²) in [5.74, 6) is 1.50. The number of fused-ring (bicyclic) bond motifs is 1. The molecule has 0 amide bonds. The quantitative estimate of drug-likeness (QED) is 0.520. The zero-order valence-electron chi connectivity index (χ0n) is 15.5. The van der Waals surface area contributed by atoms with E-state index in [1.807, 2.05) is 42.6 Å². The Kier molecular flexibility index (Phi) is 4.60. The van der Waals surface area contributed by atoms with Crippen molar-refractivity contribution in [3.05, 3.63) is 78.2 Å². The van der Waals surface area contributed by atoms with Gasteiger partial charge in [-0.1, -0.05) is 24.3 Å². The third kappa shape index (κ3) is 3.61. The number of methoxy groups -OCH3 is 1. The minimum Gasteiger partial charge on any atom is -0.497 e. The van der Waals surface area contributed by atoms with Gasteiger partial charge in [0.2, 0.25) is 0 Å². The summed E-state index contributed by atoms with van der Waals surface area (Å²) in [5, 5.41) is 4.58. The molecule has 0 radical (unpaired) electrons. The summed E-state index contributed by atoms with van der Waals surface area (Å²) in [6.07, 6.45) is 3.64. The van der Waals surface area contributed by atoms with Crippen molar-refractivity contribution in [2.45, 2.75) is 11.3 Å². The Bertz CT molecular complexity index is 1250. The van der Waals surface area contributed by atoms with Crippen molar-refractivity contribution >= 4 is 15.5 Å². The predicted molar refractivity (Wildman–Crippen MR) is 107 cm³/mol. The monoisotopic (exact) mass is 393 g/mol. The van der Waals surface area contributed by atoms with E-state index in [-0.39, 0.29) is 0 Å². The topological polar surface area (TPSA) is 73.6 Å². The molecule has 0 bridgehead atoms. The van der Waals surface area contributed by atoms with Crippen LogP contribution in [0.4, 0.5) is 0 Å². The van der Waals surface area contributed by atoms with Gasteiger partial charge in [-0.3, -0.25) is 0 Å². The molecule has 0 atom stereocenters. The molecule has 0 aliphatic rings. The van der Waals surface area contributed by atoms with E-state index >= 15 is 0 Å². The molecule has 28 heavy (non-hydrogen) atoms. The van der Waals surface area contributed by atoms with Gasteiger partial charge in [0.1, 0.15) is 5.75 Å². The highest BCUT2D eigenvalue weighted by Gasteiger charge is 2.12. The van der Waals surface area contributed by atoms with Crippen LogP contribution in [0.2, 0.25) is 0 Å². The lowest BCUT2D eigenvalue weighted by molar-refractivity contribution is 0.414. The second-order valence-corrected chi connectivity index (χ2v) is 8.56. The highest BCUT2D eigenvalue weighted by Crippen LogP contribution is 2.25.